The molecule has 0 bridgehead atoms. The molecule has 1 unspecified atom stereocenters. The van der Waals surface area contributed by atoms with Crippen molar-refractivity contribution in [1.82, 2.24) is 34.1 Å². The number of alkyl halides is 3. The van der Waals surface area contributed by atoms with Gasteiger partial charge in [0, 0.05) is 56.2 Å². The Hall–Kier alpha value is -5.31. The average molecular weight is 757 g/mol. The molecule has 1 atom stereocenters. The number of fused-ring (bicyclic) bond motifs is 2. The fourth-order valence-corrected chi connectivity index (χ4v) is 8.41. The third kappa shape index (κ3) is 7.05. The fourth-order valence-electron chi connectivity index (χ4n) is 8.41. The lowest BCUT2D eigenvalue weighted by atomic mass is 9.83. The van der Waals surface area contributed by atoms with Crippen LogP contribution in [0.2, 0.25) is 0 Å². The molecule has 15 heteroatoms. The number of amides is 3. The van der Waals surface area contributed by atoms with Crippen molar-refractivity contribution in [2.24, 2.45) is 13.0 Å². The molecule has 5 heterocycles. The number of anilines is 1. The number of nitrogens with zero attached hydrogens (tertiary/aromatic N) is 6. The lowest BCUT2D eigenvalue weighted by Crippen LogP contribution is -2.47. The van der Waals surface area contributed by atoms with Crippen LogP contribution in [0.1, 0.15) is 104 Å². The van der Waals surface area contributed by atoms with Crippen molar-refractivity contribution >= 4 is 45.3 Å². The van der Waals surface area contributed by atoms with Gasteiger partial charge in [-0.1, -0.05) is 12.1 Å². The molecule has 5 aromatic rings. The second-order valence-corrected chi connectivity index (χ2v) is 15.8. The molecule has 2 aromatic carbocycles. The summed E-state index contributed by atoms with van der Waals surface area (Å²) in [4.78, 5) is 57.0. The van der Waals surface area contributed by atoms with Crippen molar-refractivity contribution < 1.29 is 27.6 Å². The van der Waals surface area contributed by atoms with Gasteiger partial charge in [-0.15, -0.1) is 0 Å². The number of rotatable bonds is 9. The van der Waals surface area contributed by atoms with E-state index in [0.717, 1.165) is 56.4 Å². The monoisotopic (exact) mass is 756 g/mol. The molecule has 3 amide bonds. The fraction of sp³-hybridized carbons (Fsp3) is 0.450. The van der Waals surface area contributed by atoms with Crippen molar-refractivity contribution in [3.05, 3.63) is 87.7 Å². The van der Waals surface area contributed by atoms with Crippen LogP contribution in [-0.2, 0) is 22.3 Å². The molecule has 2 N–H and O–H groups in total. The molecule has 12 nitrogen and oxygen atoms in total. The first-order valence-electron chi connectivity index (χ1n) is 18.8. The number of piperidine rings is 1. The van der Waals surface area contributed by atoms with E-state index in [2.05, 4.69) is 25.6 Å². The van der Waals surface area contributed by atoms with E-state index in [1.165, 1.54) is 48.7 Å². The molecule has 0 spiro atoms. The largest absolute Gasteiger partial charge is 0.329 e. The molecule has 3 aliphatic rings. The molecular weight excluding hydrogens is 713 g/mol. The number of hydrogen-bond acceptors (Lipinski definition) is 7. The predicted molar refractivity (Wildman–Crippen MR) is 200 cm³/mol. The number of imide groups is 1. The van der Waals surface area contributed by atoms with Crippen LogP contribution in [0.4, 0.5) is 18.9 Å². The Kier molecular flexibility index (Phi) is 9.38. The first kappa shape index (κ1) is 36.7. The molecule has 2 aliphatic heterocycles. The standard InChI is InChI=1S/C40H43F3N8O4/c1-40(2,43)34-6-4-5-28(44-34)37(53)45-30-15-24-21-50(47-29(24)17-27(30)36(41)42)26-10-7-22(8-11-26)18-49-19-25(20-49)23-9-12-31-33(16-23)48(3)39(55)51(31)32-13-14-35(52)46-38(32)54/h4-6,9,12,15-17,21-22,25-26,32,36H,7-8,10-11,13-14,18-20H2,1-3H3,(H,45,53)(H,46,52,54)/t22-,26-,32?. The Balaban J connectivity index is 0.879. The van der Waals surface area contributed by atoms with Gasteiger partial charge in [-0.2, -0.15) is 5.10 Å². The molecular formula is C40H43F3N8O4. The number of benzene rings is 2. The molecule has 0 radical (unpaired) electrons. The number of carbonyl (C=O) groups excluding carboxylic acids is 3. The lowest BCUT2D eigenvalue weighted by Gasteiger charge is -2.42. The highest BCUT2D eigenvalue weighted by Crippen LogP contribution is 2.38. The number of halogens is 3. The van der Waals surface area contributed by atoms with Crippen LogP contribution in [0.5, 0.6) is 0 Å². The number of aryl methyl sites for hydroxylation is 1. The Morgan fingerprint density at radius 1 is 1.00 bits per heavy atom. The van der Waals surface area contributed by atoms with Crippen LogP contribution in [0, 0.1) is 5.92 Å². The van der Waals surface area contributed by atoms with E-state index in [0.29, 0.717) is 34.7 Å². The quantitative estimate of drug-likeness (QED) is 0.169. The summed E-state index contributed by atoms with van der Waals surface area (Å²) in [7, 11) is 1.71. The van der Waals surface area contributed by atoms with Crippen molar-refractivity contribution in [1.29, 1.82) is 0 Å². The van der Waals surface area contributed by atoms with Crippen LogP contribution in [0.3, 0.4) is 0 Å². The van der Waals surface area contributed by atoms with Gasteiger partial charge in [-0.3, -0.25) is 33.5 Å². The molecule has 55 heavy (non-hydrogen) atoms. The van der Waals surface area contributed by atoms with Gasteiger partial charge in [0.25, 0.3) is 12.3 Å². The Morgan fingerprint density at radius 3 is 2.47 bits per heavy atom. The van der Waals surface area contributed by atoms with Gasteiger partial charge in [0.15, 0.2) is 0 Å². The molecule has 8 rings (SSSR count). The first-order valence-corrected chi connectivity index (χ1v) is 18.8. The van der Waals surface area contributed by atoms with Gasteiger partial charge < -0.3 is 10.2 Å². The number of imidazole rings is 1. The minimum atomic E-state index is -2.85. The highest BCUT2D eigenvalue weighted by Gasteiger charge is 2.34. The number of hydrogen-bond donors (Lipinski definition) is 2. The lowest BCUT2D eigenvalue weighted by molar-refractivity contribution is -0.135. The van der Waals surface area contributed by atoms with Gasteiger partial charge in [0.1, 0.15) is 17.4 Å². The third-order valence-corrected chi connectivity index (χ3v) is 11.5. The second-order valence-electron chi connectivity index (χ2n) is 15.8. The first-order chi connectivity index (χ1) is 26.2. The summed E-state index contributed by atoms with van der Waals surface area (Å²) in [5.74, 6) is -0.611. The van der Waals surface area contributed by atoms with E-state index >= 15 is 0 Å². The van der Waals surface area contributed by atoms with E-state index in [-0.39, 0.29) is 46.7 Å². The molecule has 3 aromatic heterocycles. The average Bonchev–Trinajstić information content (AvgIpc) is 3.66. The maximum Gasteiger partial charge on any atom is 0.329 e. The van der Waals surface area contributed by atoms with Crippen LogP contribution in [0.25, 0.3) is 21.9 Å². The minimum absolute atomic E-state index is 0.0371. The normalized spacial score (nSPS) is 21.3. The van der Waals surface area contributed by atoms with Crippen molar-refractivity contribution in [2.75, 3.05) is 25.0 Å². The van der Waals surface area contributed by atoms with E-state index < -0.39 is 30.0 Å². The third-order valence-electron chi connectivity index (χ3n) is 11.5. The van der Waals surface area contributed by atoms with Crippen LogP contribution in [-0.4, -0.2) is 66.2 Å². The van der Waals surface area contributed by atoms with E-state index in [9.17, 15) is 32.3 Å². The van der Waals surface area contributed by atoms with Gasteiger partial charge in [-0.05, 0) is 93.8 Å². The van der Waals surface area contributed by atoms with Gasteiger partial charge in [0.2, 0.25) is 11.8 Å². The Bertz CT molecular complexity index is 2380. The van der Waals surface area contributed by atoms with E-state index in [1.807, 2.05) is 29.1 Å². The van der Waals surface area contributed by atoms with Gasteiger partial charge >= 0.3 is 5.69 Å². The summed E-state index contributed by atoms with van der Waals surface area (Å²) in [6.07, 6.45) is 3.32. The molecule has 1 saturated carbocycles. The zero-order valence-electron chi connectivity index (χ0n) is 30.9. The maximum atomic E-state index is 14.5. The summed E-state index contributed by atoms with van der Waals surface area (Å²) in [5, 5.41) is 10.2. The summed E-state index contributed by atoms with van der Waals surface area (Å²) in [5.41, 5.74) is 0.596. The highest BCUT2D eigenvalue weighted by atomic mass is 19.3. The van der Waals surface area contributed by atoms with Crippen LogP contribution in [0.15, 0.2) is 59.5 Å². The molecule has 288 valence electrons. The van der Waals surface area contributed by atoms with E-state index in [4.69, 9.17) is 0 Å². The highest BCUT2D eigenvalue weighted by molar-refractivity contribution is 6.04. The number of likely N-dealkylation sites (tertiary alicyclic amines) is 1. The van der Waals surface area contributed by atoms with Crippen molar-refractivity contribution in [2.45, 2.75) is 82.5 Å². The number of carbonyl (C=O) groups is 3. The molecule has 3 fully saturated rings. The second kappa shape index (κ2) is 14.1. The maximum absolute atomic E-state index is 14.5. The number of aromatic nitrogens is 5. The number of nitrogens with one attached hydrogen (secondary N) is 2. The summed E-state index contributed by atoms with van der Waals surface area (Å²) >= 11 is 0. The smallest absolute Gasteiger partial charge is 0.320 e. The number of pyridine rings is 1. The summed E-state index contributed by atoms with van der Waals surface area (Å²) in [6, 6.07) is 12.6. The van der Waals surface area contributed by atoms with Crippen molar-refractivity contribution in [3.63, 3.8) is 0 Å². The topological polar surface area (TPSA) is 136 Å². The minimum Gasteiger partial charge on any atom is -0.320 e. The zero-order chi connectivity index (χ0) is 38.8. The molecule has 2 saturated heterocycles. The summed E-state index contributed by atoms with van der Waals surface area (Å²) < 4.78 is 47.8. The Labute approximate surface area is 314 Å². The zero-order valence-corrected chi connectivity index (χ0v) is 30.9. The van der Waals surface area contributed by atoms with Crippen LogP contribution < -0.4 is 16.3 Å². The SMILES string of the molecule is Cn1c(=O)n(C2CCC(=O)NC2=O)c2ccc(C3CN(C[C@H]4CC[C@H](n5cc6cc(NC(=O)c7cccc(C(C)(C)F)n7)c(C(F)F)cc6n5)CC4)C3)cc21. The predicted octanol–water partition coefficient (Wildman–Crippen LogP) is 6.29. The van der Waals surface area contributed by atoms with Gasteiger partial charge in [0.05, 0.1) is 34.0 Å². The Morgan fingerprint density at radius 2 is 1.76 bits per heavy atom. The van der Waals surface area contributed by atoms with Gasteiger partial charge in [-0.25, -0.2) is 22.9 Å². The van der Waals surface area contributed by atoms with E-state index in [1.54, 1.807) is 11.6 Å². The van der Waals surface area contributed by atoms with Crippen LogP contribution >= 0.6 is 0 Å². The van der Waals surface area contributed by atoms with Crippen molar-refractivity contribution in [3.8, 4) is 0 Å². The molecule has 1 aliphatic carbocycles. The summed E-state index contributed by atoms with van der Waals surface area (Å²) in [6.45, 7) is 5.47.